The molecule has 1 unspecified atom stereocenters. The van der Waals surface area contributed by atoms with Crippen LogP contribution in [0.25, 0.3) is 0 Å². The predicted octanol–water partition coefficient (Wildman–Crippen LogP) is 3.08. The fourth-order valence-electron chi connectivity index (χ4n) is 2.11. The van der Waals surface area contributed by atoms with Gasteiger partial charge < -0.3 is 11.1 Å². The fraction of sp³-hybridized carbons (Fsp3) is 0.235. The molecule has 0 spiro atoms. The molecule has 4 heteroatoms. The maximum absolute atomic E-state index is 12.8. The maximum Gasteiger partial charge on any atom is 0.251 e. The number of carbonyl (C=O) groups excluding carboxylic acids is 1. The molecular formula is C17H19FN2O. The van der Waals surface area contributed by atoms with Crippen LogP contribution in [0.5, 0.6) is 0 Å². The molecule has 0 saturated carbocycles. The summed E-state index contributed by atoms with van der Waals surface area (Å²) in [5, 5.41) is 2.92. The highest BCUT2D eigenvalue weighted by molar-refractivity contribution is 5.95. The van der Waals surface area contributed by atoms with Crippen LogP contribution in [0.1, 0.15) is 28.4 Å². The number of halogens is 1. The molecule has 0 heterocycles. The van der Waals surface area contributed by atoms with Gasteiger partial charge in [0.15, 0.2) is 0 Å². The third-order valence-electron chi connectivity index (χ3n) is 3.37. The smallest absolute Gasteiger partial charge is 0.251 e. The number of hydrogen-bond acceptors (Lipinski definition) is 2. The zero-order valence-electron chi connectivity index (χ0n) is 12.2. The summed E-state index contributed by atoms with van der Waals surface area (Å²) < 4.78 is 12.8. The molecule has 0 aromatic heterocycles. The van der Waals surface area contributed by atoms with E-state index in [4.69, 9.17) is 5.73 Å². The number of carbonyl (C=O) groups is 1. The Balaban J connectivity index is 1.98. The van der Waals surface area contributed by atoms with E-state index in [-0.39, 0.29) is 17.8 Å². The number of nitrogen functional groups attached to an aromatic ring is 1. The van der Waals surface area contributed by atoms with Gasteiger partial charge in [0.05, 0.1) is 0 Å². The predicted molar refractivity (Wildman–Crippen MR) is 82.6 cm³/mol. The van der Waals surface area contributed by atoms with Crippen molar-refractivity contribution in [1.82, 2.24) is 5.32 Å². The Morgan fingerprint density at radius 1 is 1.24 bits per heavy atom. The summed E-state index contributed by atoms with van der Waals surface area (Å²) in [6.45, 7) is 3.81. The Hall–Kier alpha value is -2.36. The molecular weight excluding hydrogens is 267 g/mol. The van der Waals surface area contributed by atoms with Crippen LogP contribution in [-0.2, 0) is 6.42 Å². The molecule has 0 aliphatic rings. The zero-order chi connectivity index (χ0) is 15.4. The van der Waals surface area contributed by atoms with Gasteiger partial charge in [-0.3, -0.25) is 4.79 Å². The number of anilines is 1. The van der Waals surface area contributed by atoms with Crippen molar-refractivity contribution in [1.29, 1.82) is 0 Å². The number of nitrogens with two attached hydrogens (primary N) is 1. The van der Waals surface area contributed by atoms with Crippen LogP contribution in [0.3, 0.4) is 0 Å². The van der Waals surface area contributed by atoms with Crippen molar-refractivity contribution in [3.8, 4) is 0 Å². The Labute approximate surface area is 124 Å². The second kappa shape index (κ2) is 6.39. The van der Waals surface area contributed by atoms with Gasteiger partial charge in [-0.25, -0.2) is 4.39 Å². The van der Waals surface area contributed by atoms with Gasteiger partial charge in [0.1, 0.15) is 5.82 Å². The first kappa shape index (κ1) is 15.0. The molecule has 110 valence electrons. The second-order valence-corrected chi connectivity index (χ2v) is 5.28. The molecule has 2 aromatic rings. The largest absolute Gasteiger partial charge is 0.398 e. The molecule has 1 atom stereocenters. The molecule has 0 aliphatic carbocycles. The summed E-state index contributed by atoms with van der Waals surface area (Å²) in [7, 11) is 0. The molecule has 1 amide bonds. The van der Waals surface area contributed by atoms with Gasteiger partial charge in [0, 0.05) is 17.3 Å². The summed E-state index contributed by atoms with van der Waals surface area (Å²) >= 11 is 0. The van der Waals surface area contributed by atoms with Crippen molar-refractivity contribution in [2.75, 3.05) is 5.73 Å². The number of nitrogens with one attached hydrogen (secondary N) is 1. The molecule has 0 fully saturated rings. The van der Waals surface area contributed by atoms with Gasteiger partial charge in [-0.1, -0.05) is 18.2 Å². The van der Waals surface area contributed by atoms with Crippen molar-refractivity contribution in [3.63, 3.8) is 0 Å². The first-order chi connectivity index (χ1) is 9.95. The van der Waals surface area contributed by atoms with Crippen LogP contribution in [0.2, 0.25) is 0 Å². The highest BCUT2D eigenvalue weighted by Crippen LogP contribution is 2.13. The van der Waals surface area contributed by atoms with Crippen molar-refractivity contribution >= 4 is 11.6 Å². The lowest BCUT2D eigenvalue weighted by Gasteiger charge is -2.14. The molecule has 0 radical (unpaired) electrons. The van der Waals surface area contributed by atoms with E-state index < -0.39 is 0 Å². The lowest BCUT2D eigenvalue weighted by molar-refractivity contribution is 0.0940. The third-order valence-corrected chi connectivity index (χ3v) is 3.37. The van der Waals surface area contributed by atoms with Crippen LogP contribution in [0.15, 0.2) is 42.5 Å². The lowest BCUT2D eigenvalue weighted by Crippen LogP contribution is -2.34. The van der Waals surface area contributed by atoms with Gasteiger partial charge in [0.2, 0.25) is 0 Å². The maximum atomic E-state index is 12.8. The number of aryl methyl sites for hydroxylation is 1. The topological polar surface area (TPSA) is 55.1 Å². The minimum absolute atomic E-state index is 0.0505. The van der Waals surface area contributed by atoms with Crippen LogP contribution < -0.4 is 11.1 Å². The quantitative estimate of drug-likeness (QED) is 0.849. The zero-order valence-corrected chi connectivity index (χ0v) is 12.2. The fourth-order valence-corrected chi connectivity index (χ4v) is 2.11. The molecule has 21 heavy (non-hydrogen) atoms. The third kappa shape index (κ3) is 4.05. The average molecular weight is 286 g/mol. The first-order valence-corrected chi connectivity index (χ1v) is 6.87. The van der Waals surface area contributed by atoms with Crippen LogP contribution in [0.4, 0.5) is 10.1 Å². The summed E-state index contributed by atoms with van der Waals surface area (Å²) in [5.41, 5.74) is 8.89. The normalized spacial score (nSPS) is 12.0. The van der Waals surface area contributed by atoms with E-state index in [1.807, 2.05) is 19.9 Å². The first-order valence-electron chi connectivity index (χ1n) is 6.87. The highest BCUT2D eigenvalue weighted by Gasteiger charge is 2.11. The van der Waals surface area contributed by atoms with Crippen LogP contribution >= 0.6 is 0 Å². The number of hydrogen-bond donors (Lipinski definition) is 2. The van der Waals surface area contributed by atoms with E-state index in [0.717, 1.165) is 11.1 Å². The van der Waals surface area contributed by atoms with Gasteiger partial charge in [-0.2, -0.15) is 0 Å². The molecule has 0 bridgehead atoms. The number of benzene rings is 2. The molecule has 0 saturated heterocycles. The van der Waals surface area contributed by atoms with E-state index in [1.54, 1.807) is 24.3 Å². The average Bonchev–Trinajstić information content (AvgIpc) is 2.44. The number of rotatable bonds is 4. The summed E-state index contributed by atoms with van der Waals surface area (Å²) in [5.74, 6) is -0.415. The van der Waals surface area contributed by atoms with Gasteiger partial charge in [-0.15, -0.1) is 0 Å². The van der Waals surface area contributed by atoms with Gasteiger partial charge in [0.25, 0.3) is 5.91 Å². The summed E-state index contributed by atoms with van der Waals surface area (Å²) in [6.07, 6.45) is 0.646. The van der Waals surface area contributed by atoms with Gasteiger partial charge in [-0.05, 0) is 55.7 Å². The Kier molecular flexibility index (Phi) is 4.58. The number of amides is 1. The molecule has 0 aliphatic heterocycles. The van der Waals surface area contributed by atoms with Gasteiger partial charge >= 0.3 is 0 Å². The van der Waals surface area contributed by atoms with Crippen molar-refractivity contribution in [2.24, 2.45) is 0 Å². The van der Waals surface area contributed by atoms with E-state index in [2.05, 4.69) is 5.32 Å². The van der Waals surface area contributed by atoms with E-state index in [9.17, 15) is 9.18 Å². The van der Waals surface area contributed by atoms with Crippen molar-refractivity contribution in [3.05, 3.63) is 65.0 Å². The molecule has 3 nitrogen and oxygen atoms in total. The van der Waals surface area contributed by atoms with Crippen molar-refractivity contribution in [2.45, 2.75) is 26.3 Å². The Morgan fingerprint density at radius 3 is 2.52 bits per heavy atom. The minimum Gasteiger partial charge on any atom is -0.398 e. The minimum atomic E-state index is -0.259. The van der Waals surface area contributed by atoms with E-state index in [0.29, 0.717) is 17.7 Å². The Bertz CT molecular complexity index is 638. The Morgan fingerprint density at radius 2 is 1.90 bits per heavy atom. The molecule has 2 rings (SSSR count). The molecule has 2 aromatic carbocycles. The van der Waals surface area contributed by atoms with Crippen LogP contribution in [-0.4, -0.2) is 11.9 Å². The van der Waals surface area contributed by atoms with E-state index >= 15 is 0 Å². The second-order valence-electron chi connectivity index (χ2n) is 5.28. The summed E-state index contributed by atoms with van der Waals surface area (Å²) in [6, 6.07) is 11.5. The SMILES string of the molecule is Cc1ccc(C(=O)NC(C)Cc2ccc(F)cc2)cc1N. The lowest BCUT2D eigenvalue weighted by atomic mass is 10.1. The van der Waals surface area contributed by atoms with Crippen molar-refractivity contribution < 1.29 is 9.18 Å². The van der Waals surface area contributed by atoms with Crippen LogP contribution in [0, 0.1) is 12.7 Å². The highest BCUT2D eigenvalue weighted by atomic mass is 19.1. The monoisotopic (exact) mass is 286 g/mol. The van der Waals surface area contributed by atoms with E-state index in [1.165, 1.54) is 12.1 Å². The standard InChI is InChI=1S/C17H19FN2O/c1-11-3-6-14(10-16(11)19)17(21)20-12(2)9-13-4-7-15(18)8-5-13/h3-8,10,12H,9,19H2,1-2H3,(H,20,21). The summed E-state index contributed by atoms with van der Waals surface area (Å²) in [4.78, 5) is 12.1. The molecule has 3 N–H and O–H groups in total.